The number of fused-ring (bicyclic) bond motifs is 2. The Balaban J connectivity index is 1.47. The number of rotatable bonds is 4. The third-order valence-electron chi connectivity index (χ3n) is 5.05. The average molecular weight is 442 g/mol. The number of amides is 1. The fourth-order valence-electron chi connectivity index (χ4n) is 3.60. The number of halogens is 1. The van der Waals surface area contributed by atoms with Crippen molar-refractivity contribution in [3.63, 3.8) is 0 Å². The summed E-state index contributed by atoms with van der Waals surface area (Å²) in [6.07, 6.45) is 0.156. The molecule has 5 rings (SSSR count). The zero-order chi connectivity index (χ0) is 20.7. The van der Waals surface area contributed by atoms with E-state index < -0.39 is 5.92 Å². The van der Waals surface area contributed by atoms with Crippen molar-refractivity contribution in [2.45, 2.75) is 23.2 Å². The quantitative estimate of drug-likeness (QED) is 0.471. The minimum absolute atomic E-state index is 0.156. The van der Waals surface area contributed by atoms with E-state index in [1.165, 1.54) is 11.8 Å². The number of hydrogen-bond acceptors (Lipinski definition) is 6. The zero-order valence-electron chi connectivity index (χ0n) is 15.6. The number of hydrogen-bond donors (Lipinski definition) is 2. The van der Waals surface area contributed by atoms with Crippen LogP contribution in [0.3, 0.4) is 0 Å². The number of anilines is 1. The van der Waals surface area contributed by atoms with E-state index in [1.807, 2.05) is 36.4 Å². The van der Waals surface area contributed by atoms with Crippen LogP contribution in [0.25, 0.3) is 0 Å². The van der Waals surface area contributed by atoms with Crippen LogP contribution in [-0.4, -0.2) is 22.7 Å². The largest absolute Gasteiger partial charge is 0.454 e. The molecule has 2 aliphatic rings. The number of ether oxygens (including phenoxy) is 2. The highest BCUT2D eigenvalue weighted by Crippen LogP contribution is 2.40. The fourth-order valence-corrected chi connectivity index (χ4v) is 4.74. The molecule has 1 amide bonds. The van der Waals surface area contributed by atoms with Crippen LogP contribution in [0.5, 0.6) is 11.5 Å². The number of aromatic amines is 1. The Morgan fingerprint density at radius 3 is 2.83 bits per heavy atom. The first-order valence-electron chi connectivity index (χ1n) is 9.28. The molecule has 0 saturated heterocycles. The van der Waals surface area contributed by atoms with E-state index in [0.29, 0.717) is 38.8 Å². The molecule has 2 aromatic carbocycles. The number of nitrogens with one attached hydrogen (secondary N) is 2. The fraction of sp³-hybridized carbons (Fsp3) is 0.190. The van der Waals surface area contributed by atoms with Gasteiger partial charge in [0, 0.05) is 23.1 Å². The standard InChI is InChI=1S/C21H16ClN3O4S/c22-14-4-2-1-3-12(14)9-30-21-24-19-18(20(27)25-21)13(8-17(26)23-19)11-5-6-15-16(7-11)29-10-28-15/h1-7,13H,8-10H2,(H2,23,24,25,26,27)/t13-/m0/s1. The van der Waals surface area contributed by atoms with Gasteiger partial charge in [-0.05, 0) is 29.3 Å². The summed E-state index contributed by atoms with van der Waals surface area (Å²) in [6, 6.07) is 13.0. The monoisotopic (exact) mass is 441 g/mol. The molecule has 0 bridgehead atoms. The SMILES string of the molecule is O=C1C[C@@H](c2ccc3c(c2)OCO3)c2c(nc(SCc3ccccc3Cl)[nH]c2=O)N1. The van der Waals surface area contributed by atoms with E-state index in [2.05, 4.69) is 15.3 Å². The first-order valence-corrected chi connectivity index (χ1v) is 10.6. The molecule has 0 aliphatic carbocycles. The van der Waals surface area contributed by atoms with Gasteiger partial charge in [-0.25, -0.2) is 4.98 Å². The van der Waals surface area contributed by atoms with E-state index in [-0.39, 0.29) is 24.7 Å². The number of H-pyrrole nitrogens is 1. The molecule has 0 spiro atoms. The first-order chi connectivity index (χ1) is 14.6. The van der Waals surface area contributed by atoms with Crippen molar-refractivity contribution in [2.75, 3.05) is 12.1 Å². The molecule has 3 aromatic rings. The molecule has 0 unspecified atom stereocenters. The van der Waals surface area contributed by atoms with Crippen LogP contribution in [0.1, 0.15) is 29.0 Å². The number of thioether (sulfide) groups is 1. The number of aromatic nitrogens is 2. The Bertz CT molecular complexity index is 1210. The van der Waals surface area contributed by atoms with Crippen molar-refractivity contribution >= 4 is 35.1 Å². The van der Waals surface area contributed by atoms with Crippen LogP contribution in [0.2, 0.25) is 5.02 Å². The van der Waals surface area contributed by atoms with Crippen molar-refractivity contribution in [1.82, 2.24) is 9.97 Å². The Morgan fingerprint density at radius 2 is 1.97 bits per heavy atom. The lowest BCUT2D eigenvalue weighted by molar-refractivity contribution is -0.116. The van der Waals surface area contributed by atoms with Crippen LogP contribution in [-0.2, 0) is 10.5 Å². The van der Waals surface area contributed by atoms with Crippen LogP contribution >= 0.6 is 23.4 Å². The van der Waals surface area contributed by atoms with E-state index in [9.17, 15) is 9.59 Å². The summed E-state index contributed by atoms with van der Waals surface area (Å²) in [7, 11) is 0. The molecule has 152 valence electrons. The molecule has 9 heteroatoms. The number of carbonyl (C=O) groups is 1. The maximum atomic E-state index is 12.9. The highest BCUT2D eigenvalue weighted by Gasteiger charge is 2.32. The van der Waals surface area contributed by atoms with E-state index >= 15 is 0 Å². The van der Waals surface area contributed by atoms with Gasteiger partial charge in [0.15, 0.2) is 16.7 Å². The smallest absolute Gasteiger partial charge is 0.257 e. The normalized spacial score (nSPS) is 16.8. The van der Waals surface area contributed by atoms with E-state index in [1.54, 1.807) is 6.07 Å². The van der Waals surface area contributed by atoms with Gasteiger partial charge in [0.2, 0.25) is 12.7 Å². The van der Waals surface area contributed by atoms with Crippen molar-refractivity contribution < 1.29 is 14.3 Å². The second-order valence-corrected chi connectivity index (χ2v) is 8.30. The Hall–Kier alpha value is -2.97. The Labute approximate surface area is 180 Å². The van der Waals surface area contributed by atoms with Crippen LogP contribution in [0.15, 0.2) is 52.4 Å². The van der Waals surface area contributed by atoms with Gasteiger partial charge in [-0.1, -0.05) is 47.6 Å². The third-order valence-corrected chi connectivity index (χ3v) is 6.34. The molecule has 1 atom stereocenters. The second-order valence-electron chi connectivity index (χ2n) is 6.93. The molecule has 2 N–H and O–H groups in total. The summed E-state index contributed by atoms with van der Waals surface area (Å²) in [5.74, 6) is 1.49. The summed E-state index contributed by atoms with van der Waals surface area (Å²) in [5, 5.41) is 3.81. The predicted octanol–water partition coefficient (Wildman–Crippen LogP) is 3.92. The van der Waals surface area contributed by atoms with Gasteiger partial charge in [-0.15, -0.1) is 0 Å². The minimum atomic E-state index is -0.415. The molecule has 0 radical (unpaired) electrons. The number of benzene rings is 2. The lowest BCUT2D eigenvalue weighted by Gasteiger charge is -2.24. The van der Waals surface area contributed by atoms with Crippen molar-refractivity contribution in [1.29, 1.82) is 0 Å². The number of nitrogens with zero attached hydrogens (tertiary/aromatic N) is 1. The van der Waals surface area contributed by atoms with Crippen molar-refractivity contribution in [3.8, 4) is 11.5 Å². The molecule has 1 aromatic heterocycles. The van der Waals surface area contributed by atoms with Crippen molar-refractivity contribution in [2.24, 2.45) is 0 Å². The highest BCUT2D eigenvalue weighted by atomic mass is 35.5. The summed E-state index contributed by atoms with van der Waals surface area (Å²) in [4.78, 5) is 32.6. The predicted molar refractivity (Wildman–Crippen MR) is 114 cm³/mol. The topological polar surface area (TPSA) is 93.3 Å². The number of carbonyl (C=O) groups excluding carboxylic acids is 1. The third kappa shape index (κ3) is 3.53. The zero-order valence-corrected chi connectivity index (χ0v) is 17.2. The lowest BCUT2D eigenvalue weighted by atomic mass is 9.86. The van der Waals surface area contributed by atoms with Crippen LogP contribution in [0.4, 0.5) is 5.82 Å². The molecule has 7 nitrogen and oxygen atoms in total. The minimum Gasteiger partial charge on any atom is -0.454 e. The first kappa shape index (κ1) is 19.0. The Kier molecular flexibility index (Phi) is 4.88. The molecular formula is C21H16ClN3O4S. The summed E-state index contributed by atoms with van der Waals surface area (Å²) >= 11 is 7.55. The highest BCUT2D eigenvalue weighted by molar-refractivity contribution is 7.98. The van der Waals surface area contributed by atoms with Gasteiger partial charge >= 0.3 is 0 Å². The average Bonchev–Trinajstić information content (AvgIpc) is 3.20. The molecule has 0 saturated carbocycles. The van der Waals surface area contributed by atoms with E-state index in [4.69, 9.17) is 21.1 Å². The van der Waals surface area contributed by atoms with Gasteiger partial charge in [-0.2, -0.15) is 0 Å². The van der Waals surface area contributed by atoms with Gasteiger partial charge in [0.25, 0.3) is 5.56 Å². The van der Waals surface area contributed by atoms with E-state index in [0.717, 1.165) is 11.1 Å². The second kappa shape index (κ2) is 7.70. The van der Waals surface area contributed by atoms with Crippen molar-refractivity contribution in [3.05, 3.63) is 74.5 Å². The maximum absolute atomic E-state index is 12.9. The molecule has 30 heavy (non-hydrogen) atoms. The lowest BCUT2D eigenvalue weighted by Crippen LogP contribution is -2.31. The Morgan fingerprint density at radius 1 is 1.13 bits per heavy atom. The van der Waals surface area contributed by atoms with Crippen LogP contribution in [0, 0.1) is 0 Å². The molecule has 2 aliphatic heterocycles. The molecule has 0 fully saturated rings. The van der Waals surface area contributed by atoms with Gasteiger partial charge in [0.05, 0.1) is 5.56 Å². The van der Waals surface area contributed by atoms with Gasteiger partial charge in [0.1, 0.15) is 5.82 Å². The molecule has 3 heterocycles. The molecular weight excluding hydrogens is 426 g/mol. The summed E-state index contributed by atoms with van der Waals surface area (Å²) in [6.45, 7) is 0.161. The van der Waals surface area contributed by atoms with Gasteiger partial charge in [-0.3, -0.25) is 9.59 Å². The summed E-state index contributed by atoms with van der Waals surface area (Å²) < 4.78 is 10.8. The summed E-state index contributed by atoms with van der Waals surface area (Å²) in [5.41, 5.74) is 1.91. The van der Waals surface area contributed by atoms with Crippen LogP contribution < -0.4 is 20.3 Å². The van der Waals surface area contributed by atoms with Gasteiger partial charge < -0.3 is 19.8 Å². The maximum Gasteiger partial charge on any atom is 0.257 e.